The van der Waals surface area contributed by atoms with Gasteiger partial charge in [-0.1, -0.05) is 15.9 Å². The first kappa shape index (κ1) is 11.4. The van der Waals surface area contributed by atoms with Gasteiger partial charge in [0.15, 0.2) is 0 Å². The smallest absolute Gasteiger partial charge is 0.236 e. The molecule has 1 saturated carbocycles. The van der Waals surface area contributed by atoms with Crippen molar-refractivity contribution in [1.82, 2.24) is 4.90 Å². The Labute approximate surface area is 99.0 Å². The third kappa shape index (κ3) is 2.53. The van der Waals surface area contributed by atoms with Gasteiger partial charge in [-0.3, -0.25) is 4.79 Å². The third-order valence-electron chi connectivity index (χ3n) is 3.60. The van der Waals surface area contributed by atoms with Gasteiger partial charge < -0.3 is 10.0 Å². The maximum atomic E-state index is 11.7. The van der Waals surface area contributed by atoms with Gasteiger partial charge in [0.2, 0.25) is 5.91 Å². The van der Waals surface area contributed by atoms with Crippen LogP contribution in [0.2, 0.25) is 0 Å². The number of hydrogen-bond donors (Lipinski definition) is 1. The molecule has 1 aliphatic carbocycles. The van der Waals surface area contributed by atoms with E-state index in [1.807, 2.05) is 4.90 Å². The first-order valence-electron chi connectivity index (χ1n) is 5.76. The summed E-state index contributed by atoms with van der Waals surface area (Å²) in [6.45, 7) is 1.58. The molecule has 2 rings (SSSR count). The van der Waals surface area contributed by atoms with E-state index in [2.05, 4.69) is 15.9 Å². The number of rotatable bonds is 3. The maximum absolute atomic E-state index is 11.7. The van der Waals surface area contributed by atoms with Gasteiger partial charge >= 0.3 is 0 Å². The van der Waals surface area contributed by atoms with E-state index < -0.39 is 5.60 Å². The highest BCUT2D eigenvalue weighted by molar-refractivity contribution is 9.10. The van der Waals surface area contributed by atoms with Gasteiger partial charge in [-0.15, -0.1) is 0 Å². The molecule has 1 saturated heterocycles. The lowest BCUT2D eigenvalue weighted by molar-refractivity contribution is -0.133. The minimum Gasteiger partial charge on any atom is -0.390 e. The van der Waals surface area contributed by atoms with Gasteiger partial charge in [0, 0.05) is 13.1 Å². The number of alkyl halides is 1. The van der Waals surface area contributed by atoms with E-state index in [-0.39, 0.29) is 10.7 Å². The molecule has 2 fully saturated rings. The van der Waals surface area contributed by atoms with Crippen LogP contribution in [0.5, 0.6) is 0 Å². The Balaban J connectivity index is 1.80. The molecule has 1 atom stereocenters. The molecule has 4 heteroatoms. The molecule has 1 unspecified atom stereocenters. The molecule has 1 N–H and O–H groups in total. The second kappa shape index (κ2) is 4.42. The van der Waals surface area contributed by atoms with Crippen LogP contribution in [-0.2, 0) is 4.79 Å². The predicted octanol–water partition coefficient (Wildman–Crippen LogP) is 1.68. The van der Waals surface area contributed by atoms with Gasteiger partial charge in [-0.05, 0) is 38.5 Å². The number of hydrogen-bond acceptors (Lipinski definition) is 2. The van der Waals surface area contributed by atoms with E-state index >= 15 is 0 Å². The molecule has 0 aromatic heterocycles. The van der Waals surface area contributed by atoms with Crippen molar-refractivity contribution in [2.45, 2.75) is 49.0 Å². The average molecular weight is 276 g/mol. The molecule has 0 aromatic rings. The highest BCUT2D eigenvalue weighted by atomic mass is 79.9. The van der Waals surface area contributed by atoms with E-state index in [0.717, 1.165) is 51.6 Å². The summed E-state index contributed by atoms with van der Waals surface area (Å²) in [6, 6.07) is 0. The summed E-state index contributed by atoms with van der Waals surface area (Å²) < 4.78 is 0. The largest absolute Gasteiger partial charge is 0.390 e. The van der Waals surface area contributed by atoms with Crippen molar-refractivity contribution < 1.29 is 9.90 Å². The average Bonchev–Trinajstić information content (AvgIpc) is 2.17. The summed E-state index contributed by atoms with van der Waals surface area (Å²) in [5, 5.41) is 9.94. The Hall–Kier alpha value is -0.0900. The lowest BCUT2D eigenvalue weighted by atomic mass is 9.78. The Kier molecular flexibility index (Phi) is 3.36. The van der Waals surface area contributed by atoms with Gasteiger partial charge in [0.25, 0.3) is 0 Å². The van der Waals surface area contributed by atoms with Crippen LogP contribution >= 0.6 is 15.9 Å². The van der Waals surface area contributed by atoms with Crippen molar-refractivity contribution in [3.8, 4) is 0 Å². The summed E-state index contributed by atoms with van der Waals surface area (Å²) >= 11 is 3.39. The molecule has 0 radical (unpaired) electrons. The minimum absolute atomic E-state index is 0.00211. The molecule has 1 heterocycles. The maximum Gasteiger partial charge on any atom is 0.236 e. The fourth-order valence-electron chi connectivity index (χ4n) is 2.29. The molecular formula is C11H18BrNO2. The lowest BCUT2D eigenvalue weighted by Crippen LogP contribution is -2.46. The highest BCUT2D eigenvalue weighted by Crippen LogP contribution is 2.35. The number of piperidine rings is 1. The number of halogens is 1. The third-order valence-corrected chi connectivity index (χ3v) is 4.45. The number of carbonyl (C=O) groups excluding carboxylic acids is 1. The van der Waals surface area contributed by atoms with Crippen molar-refractivity contribution >= 4 is 21.8 Å². The van der Waals surface area contributed by atoms with Gasteiger partial charge in [-0.25, -0.2) is 0 Å². The number of likely N-dealkylation sites (tertiary alicyclic amines) is 1. The van der Waals surface area contributed by atoms with Gasteiger partial charge in [0.05, 0.1) is 10.4 Å². The zero-order chi connectivity index (χ0) is 10.9. The molecule has 1 amide bonds. The Morgan fingerprint density at radius 2 is 2.20 bits per heavy atom. The standard InChI is InChI=1S/C11H18BrNO2/c12-9-3-1-7-13(10(9)14)8-6-11(15)4-2-5-11/h9,15H,1-8H2. The van der Waals surface area contributed by atoms with Gasteiger partial charge in [-0.2, -0.15) is 0 Å². The number of nitrogens with zero attached hydrogens (tertiary/aromatic N) is 1. The topological polar surface area (TPSA) is 40.5 Å². The summed E-state index contributed by atoms with van der Waals surface area (Å²) in [5.74, 6) is 0.198. The van der Waals surface area contributed by atoms with Crippen LogP contribution in [0.25, 0.3) is 0 Å². The minimum atomic E-state index is -0.459. The monoisotopic (exact) mass is 275 g/mol. The van der Waals surface area contributed by atoms with Crippen molar-refractivity contribution in [1.29, 1.82) is 0 Å². The van der Waals surface area contributed by atoms with E-state index in [9.17, 15) is 9.90 Å². The first-order chi connectivity index (χ1) is 7.11. The number of amides is 1. The van der Waals surface area contributed by atoms with Crippen molar-refractivity contribution in [3.63, 3.8) is 0 Å². The fraction of sp³-hybridized carbons (Fsp3) is 0.909. The van der Waals surface area contributed by atoms with Crippen molar-refractivity contribution in [3.05, 3.63) is 0 Å². The molecule has 0 aromatic carbocycles. The lowest BCUT2D eigenvalue weighted by Gasteiger charge is -2.39. The molecule has 15 heavy (non-hydrogen) atoms. The van der Waals surface area contributed by atoms with E-state index in [1.165, 1.54) is 0 Å². The van der Waals surface area contributed by atoms with Crippen LogP contribution < -0.4 is 0 Å². The van der Waals surface area contributed by atoms with Crippen LogP contribution in [0, 0.1) is 0 Å². The van der Waals surface area contributed by atoms with Gasteiger partial charge in [0.1, 0.15) is 0 Å². The first-order valence-corrected chi connectivity index (χ1v) is 6.68. The zero-order valence-corrected chi connectivity index (χ0v) is 10.5. The molecule has 0 spiro atoms. The van der Waals surface area contributed by atoms with Crippen LogP contribution in [0.1, 0.15) is 38.5 Å². The second-order valence-corrected chi connectivity index (χ2v) is 5.87. The van der Waals surface area contributed by atoms with Crippen LogP contribution in [0.15, 0.2) is 0 Å². The van der Waals surface area contributed by atoms with Crippen LogP contribution in [-0.4, -0.2) is 39.4 Å². The quantitative estimate of drug-likeness (QED) is 0.797. The molecule has 1 aliphatic heterocycles. The summed E-state index contributed by atoms with van der Waals surface area (Å²) in [4.78, 5) is 13.6. The summed E-state index contributed by atoms with van der Waals surface area (Å²) in [6.07, 6.45) is 5.71. The molecule has 0 bridgehead atoms. The number of aliphatic hydroxyl groups is 1. The van der Waals surface area contributed by atoms with Crippen LogP contribution in [0.4, 0.5) is 0 Å². The highest BCUT2D eigenvalue weighted by Gasteiger charge is 2.35. The molecule has 2 aliphatic rings. The normalized spacial score (nSPS) is 30.1. The van der Waals surface area contributed by atoms with Crippen LogP contribution in [0.3, 0.4) is 0 Å². The molecule has 86 valence electrons. The fourth-order valence-corrected chi connectivity index (χ4v) is 2.91. The van der Waals surface area contributed by atoms with E-state index in [1.54, 1.807) is 0 Å². The Morgan fingerprint density at radius 3 is 2.80 bits per heavy atom. The predicted molar refractivity (Wildman–Crippen MR) is 61.9 cm³/mol. The second-order valence-electron chi connectivity index (χ2n) is 4.76. The summed E-state index contributed by atoms with van der Waals surface area (Å²) in [7, 11) is 0. The Morgan fingerprint density at radius 1 is 1.47 bits per heavy atom. The summed E-state index contributed by atoms with van der Waals surface area (Å²) in [5.41, 5.74) is -0.459. The zero-order valence-electron chi connectivity index (χ0n) is 8.91. The molecule has 3 nitrogen and oxygen atoms in total. The van der Waals surface area contributed by atoms with E-state index in [0.29, 0.717) is 0 Å². The number of carbonyl (C=O) groups is 1. The SMILES string of the molecule is O=C1C(Br)CCCN1CCC1(O)CCC1. The van der Waals surface area contributed by atoms with Crippen molar-refractivity contribution in [2.75, 3.05) is 13.1 Å². The van der Waals surface area contributed by atoms with E-state index in [4.69, 9.17) is 0 Å². The molecular weight excluding hydrogens is 258 g/mol. The Bertz CT molecular complexity index is 253. The van der Waals surface area contributed by atoms with Crippen molar-refractivity contribution in [2.24, 2.45) is 0 Å².